The molecule has 2 aromatic carbocycles. The van der Waals surface area contributed by atoms with Crippen LogP contribution < -0.4 is 10.6 Å². The van der Waals surface area contributed by atoms with Crippen LogP contribution in [-0.2, 0) is 15.8 Å². The van der Waals surface area contributed by atoms with Crippen LogP contribution in [0.3, 0.4) is 0 Å². The summed E-state index contributed by atoms with van der Waals surface area (Å²) >= 11 is 5.59. The van der Waals surface area contributed by atoms with E-state index in [1.54, 1.807) is 20.0 Å². The third-order valence-corrected chi connectivity index (χ3v) is 5.18. The summed E-state index contributed by atoms with van der Waals surface area (Å²) in [5.41, 5.74) is 1.61. The van der Waals surface area contributed by atoms with Crippen LogP contribution in [0.25, 0.3) is 0 Å². The lowest BCUT2D eigenvalue weighted by Gasteiger charge is -2.24. The van der Waals surface area contributed by atoms with Gasteiger partial charge in [0.15, 0.2) is 0 Å². The van der Waals surface area contributed by atoms with Crippen molar-refractivity contribution < 1.29 is 22.8 Å². The number of carbonyl (C=O) groups is 2. The van der Waals surface area contributed by atoms with Crippen molar-refractivity contribution in [2.45, 2.75) is 33.0 Å². The van der Waals surface area contributed by atoms with Gasteiger partial charge in [-0.1, -0.05) is 23.7 Å². The van der Waals surface area contributed by atoms with Crippen molar-refractivity contribution in [1.29, 1.82) is 0 Å². The summed E-state index contributed by atoms with van der Waals surface area (Å²) in [5, 5.41) is 4.78. The first-order valence-electron chi connectivity index (χ1n) is 9.14. The van der Waals surface area contributed by atoms with Gasteiger partial charge in [-0.25, -0.2) is 0 Å². The summed E-state index contributed by atoms with van der Waals surface area (Å²) in [6.07, 6.45) is -4.63. The zero-order chi connectivity index (χ0) is 22.6. The molecule has 1 atom stereocenters. The molecule has 0 bridgehead atoms. The molecule has 0 radical (unpaired) electrons. The average Bonchev–Trinajstić information content (AvgIpc) is 2.65. The number of benzene rings is 2. The summed E-state index contributed by atoms with van der Waals surface area (Å²) in [4.78, 5) is 26.3. The fraction of sp³-hybridized carbons (Fsp3) is 0.333. The Labute approximate surface area is 178 Å². The second-order valence-corrected chi connectivity index (χ2v) is 7.48. The topological polar surface area (TPSA) is 61.4 Å². The van der Waals surface area contributed by atoms with Crippen molar-refractivity contribution in [3.8, 4) is 0 Å². The Hall–Kier alpha value is -2.58. The zero-order valence-corrected chi connectivity index (χ0v) is 17.8. The third kappa shape index (κ3) is 5.96. The van der Waals surface area contributed by atoms with Crippen LogP contribution in [0.5, 0.6) is 0 Å². The van der Waals surface area contributed by atoms with Gasteiger partial charge < -0.3 is 10.6 Å². The minimum absolute atomic E-state index is 0.0307. The van der Waals surface area contributed by atoms with Gasteiger partial charge in [0.25, 0.3) is 0 Å². The van der Waals surface area contributed by atoms with E-state index in [1.807, 2.05) is 26.0 Å². The molecular weight excluding hydrogens is 419 g/mol. The van der Waals surface area contributed by atoms with Gasteiger partial charge >= 0.3 is 6.18 Å². The molecule has 0 aliphatic rings. The number of rotatable bonds is 6. The van der Waals surface area contributed by atoms with Gasteiger partial charge in [0.05, 0.1) is 23.2 Å². The fourth-order valence-corrected chi connectivity index (χ4v) is 2.93. The first-order valence-corrected chi connectivity index (χ1v) is 9.52. The molecule has 30 heavy (non-hydrogen) atoms. The minimum Gasteiger partial charge on any atom is -0.325 e. The maximum Gasteiger partial charge on any atom is 0.417 e. The van der Waals surface area contributed by atoms with Crippen molar-refractivity contribution in [2.24, 2.45) is 0 Å². The standard InChI is InChI=1S/C21H23ClF3N3O2/c1-12-6-5-7-18(13(12)2)27-19(29)11-28(4)14(3)20(30)26-15-8-9-17(22)16(10-15)21(23,24)25/h5-10,14H,11H2,1-4H3,(H,26,30)(H,27,29). The molecule has 0 aliphatic carbocycles. The maximum atomic E-state index is 13.0. The molecule has 2 aromatic rings. The second-order valence-electron chi connectivity index (χ2n) is 7.07. The first-order chi connectivity index (χ1) is 13.9. The molecule has 0 saturated carbocycles. The molecule has 0 saturated heterocycles. The van der Waals surface area contributed by atoms with E-state index in [0.717, 1.165) is 23.3 Å². The highest BCUT2D eigenvalue weighted by atomic mass is 35.5. The number of alkyl halides is 3. The number of halogens is 4. The quantitative estimate of drug-likeness (QED) is 0.672. The monoisotopic (exact) mass is 441 g/mol. The van der Waals surface area contributed by atoms with Crippen LogP contribution in [0.2, 0.25) is 5.02 Å². The molecular formula is C21H23ClF3N3O2. The SMILES string of the molecule is Cc1cccc(NC(=O)CN(C)C(C)C(=O)Nc2ccc(Cl)c(C(F)(F)F)c2)c1C. The van der Waals surface area contributed by atoms with Crippen LogP contribution in [0.1, 0.15) is 23.6 Å². The van der Waals surface area contributed by atoms with Crippen LogP contribution in [0.15, 0.2) is 36.4 Å². The summed E-state index contributed by atoms with van der Waals surface area (Å²) < 4.78 is 38.9. The van der Waals surface area contributed by atoms with E-state index in [0.29, 0.717) is 5.69 Å². The van der Waals surface area contributed by atoms with Gasteiger partial charge in [-0.3, -0.25) is 14.5 Å². The highest BCUT2D eigenvalue weighted by molar-refractivity contribution is 6.31. The molecule has 0 fully saturated rings. The third-order valence-electron chi connectivity index (χ3n) is 4.85. The number of aryl methyl sites for hydroxylation is 1. The summed E-state index contributed by atoms with van der Waals surface area (Å²) in [7, 11) is 1.58. The van der Waals surface area contributed by atoms with Gasteiger partial charge in [0.2, 0.25) is 11.8 Å². The van der Waals surface area contributed by atoms with E-state index in [-0.39, 0.29) is 18.1 Å². The first kappa shape index (κ1) is 23.7. The summed E-state index contributed by atoms with van der Waals surface area (Å²) in [5.74, 6) is -0.857. The van der Waals surface area contributed by atoms with Crippen molar-refractivity contribution >= 4 is 34.8 Å². The number of nitrogens with one attached hydrogen (secondary N) is 2. The zero-order valence-electron chi connectivity index (χ0n) is 17.0. The number of amides is 2. The molecule has 0 aliphatic heterocycles. The lowest BCUT2D eigenvalue weighted by molar-refractivity contribution is -0.137. The van der Waals surface area contributed by atoms with Crippen LogP contribution in [0.4, 0.5) is 24.5 Å². The van der Waals surface area contributed by atoms with Crippen LogP contribution >= 0.6 is 11.6 Å². The van der Waals surface area contributed by atoms with Crippen LogP contribution in [-0.4, -0.2) is 36.3 Å². The highest BCUT2D eigenvalue weighted by Gasteiger charge is 2.33. The molecule has 2 N–H and O–H groups in total. The van der Waals surface area contributed by atoms with Crippen molar-refractivity contribution in [1.82, 2.24) is 4.90 Å². The number of carbonyl (C=O) groups excluding carboxylic acids is 2. The second kappa shape index (κ2) is 9.49. The Bertz CT molecular complexity index is 948. The Morgan fingerprint density at radius 1 is 1.13 bits per heavy atom. The number of nitrogens with zero attached hydrogens (tertiary/aromatic N) is 1. The lowest BCUT2D eigenvalue weighted by Crippen LogP contribution is -2.43. The maximum absolute atomic E-state index is 13.0. The van der Waals surface area contributed by atoms with E-state index in [4.69, 9.17) is 11.6 Å². The Morgan fingerprint density at radius 2 is 1.80 bits per heavy atom. The fourth-order valence-electron chi connectivity index (χ4n) is 2.71. The van der Waals surface area contributed by atoms with Gasteiger partial charge in [0.1, 0.15) is 0 Å². The van der Waals surface area contributed by atoms with Crippen molar-refractivity contribution in [2.75, 3.05) is 24.2 Å². The average molecular weight is 442 g/mol. The Morgan fingerprint density at radius 3 is 2.43 bits per heavy atom. The number of hydrogen-bond acceptors (Lipinski definition) is 3. The number of hydrogen-bond donors (Lipinski definition) is 2. The molecule has 2 amide bonds. The number of likely N-dealkylation sites (N-methyl/N-ethyl adjacent to an activating group) is 1. The minimum atomic E-state index is -4.63. The smallest absolute Gasteiger partial charge is 0.325 e. The molecule has 0 spiro atoms. The van der Waals surface area contributed by atoms with E-state index < -0.39 is 28.7 Å². The number of anilines is 2. The Kier molecular flexibility index (Phi) is 7.49. The van der Waals surface area contributed by atoms with Gasteiger partial charge in [-0.15, -0.1) is 0 Å². The van der Waals surface area contributed by atoms with E-state index in [9.17, 15) is 22.8 Å². The normalized spacial score (nSPS) is 12.6. The van der Waals surface area contributed by atoms with E-state index in [1.165, 1.54) is 11.0 Å². The molecule has 9 heteroatoms. The predicted molar refractivity (Wildman–Crippen MR) is 112 cm³/mol. The molecule has 0 heterocycles. The van der Waals surface area contributed by atoms with Crippen molar-refractivity contribution in [3.05, 3.63) is 58.1 Å². The summed E-state index contributed by atoms with van der Waals surface area (Å²) in [6.45, 7) is 5.31. The lowest BCUT2D eigenvalue weighted by atomic mass is 10.1. The largest absolute Gasteiger partial charge is 0.417 e. The Balaban J connectivity index is 2.00. The van der Waals surface area contributed by atoms with E-state index >= 15 is 0 Å². The molecule has 0 aromatic heterocycles. The predicted octanol–water partition coefficient (Wildman–Crippen LogP) is 4.87. The van der Waals surface area contributed by atoms with E-state index in [2.05, 4.69) is 10.6 Å². The van der Waals surface area contributed by atoms with Crippen molar-refractivity contribution in [3.63, 3.8) is 0 Å². The van der Waals surface area contributed by atoms with Gasteiger partial charge in [0, 0.05) is 11.4 Å². The van der Waals surface area contributed by atoms with Gasteiger partial charge in [-0.05, 0) is 63.2 Å². The van der Waals surface area contributed by atoms with Crippen LogP contribution in [0, 0.1) is 13.8 Å². The molecule has 5 nitrogen and oxygen atoms in total. The molecule has 1 unspecified atom stereocenters. The molecule has 2 rings (SSSR count). The van der Waals surface area contributed by atoms with Gasteiger partial charge in [-0.2, -0.15) is 13.2 Å². The summed E-state index contributed by atoms with van der Waals surface area (Å²) in [6, 6.07) is 7.93. The molecule has 162 valence electrons. The highest BCUT2D eigenvalue weighted by Crippen LogP contribution is 2.36.